The van der Waals surface area contributed by atoms with Gasteiger partial charge in [0.2, 0.25) is 0 Å². The first kappa shape index (κ1) is 23.7. The molecule has 1 rings (SSSR count). The molecule has 0 fully saturated rings. The largest absolute Gasteiger partial charge is 0.444 e. The van der Waals surface area contributed by atoms with E-state index in [0.29, 0.717) is 12.8 Å². The average Bonchev–Trinajstić information content (AvgIpc) is 2.51. The van der Waals surface area contributed by atoms with E-state index < -0.39 is 31.9 Å². The van der Waals surface area contributed by atoms with Crippen LogP contribution in [0.3, 0.4) is 0 Å². The Balaban J connectivity index is 2.89. The molecule has 27 heavy (non-hydrogen) atoms. The number of hydrogen-bond donors (Lipinski definition) is 2. The van der Waals surface area contributed by atoms with E-state index in [-0.39, 0.29) is 0 Å². The molecule has 6 heteroatoms. The number of rotatable bonds is 8. The van der Waals surface area contributed by atoms with Crippen LogP contribution in [-0.4, -0.2) is 37.0 Å². The van der Waals surface area contributed by atoms with Crippen molar-refractivity contribution in [3.63, 3.8) is 0 Å². The van der Waals surface area contributed by atoms with Gasteiger partial charge in [0, 0.05) is 13.6 Å². The lowest BCUT2D eigenvalue weighted by Crippen LogP contribution is -2.47. The van der Waals surface area contributed by atoms with E-state index in [2.05, 4.69) is 25.0 Å². The molecule has 0 aromatic heterocycles. The number of aliphatic hydroxyl groups is 1. The van der Waals surface area contributed by atoms with E-state index in [1.165, 1.54) is 0 Å². The van der Waals surface area contributed by atoms with Crippen LogP contribution in [0.4, 0.5) is 4.79 Å². The van der Waals surface area contributed by atoms with Crippen molar-refractivity contribution >= 4 is 25.8 Å². The second-order valence-electron chi connectivity index (χ2n) is 9.22. The number of hydrogen-bond acceptors (Lipinski definition) is 3. The maximum absolute atomic E-state index is 12.3. The third-order valence-corrected chi connectivity index (χ3v) is 5.67. The summed E-state index contributed by atoms with van der Waals surface area (Å²) in [5.41, 5.74) is 3.05. The molecular formula is C21H34ClNO3Si. The third-order valence-electron chi connectivity index (χ3n) is 3.85. The van der Waals surface area contributed by atoms with Crippen molar-refractivity contribution in [1.82, 2.24) is 5.32 Å². The van der Waals surface area contributed by atoms with Crippen LogP contribution < -0.4 is 5.32 Å². The third kappa shape index (κ3) is 10.6. The molecular weight excluding hydrogens is 378 g/mol. The molecule has 0 aliphatic rings. The molecule has 4 nitrogen and oxygen atoms in total. The number of aliphatic hydroxyl groups excluding tert-OH is 1. The Morgan fingerprint density at radius 3 is 2.33 bits per heavy atom. The maximum atomic E-state index is 12.3. The van der Waals surface area contributed by atoms with Gasteiger partial charge in [-0.15, -0.1) is 0 Å². The summed E-state index contributed by atoms with van der Waals surface area (Å²) in [5.74, 6) is 0. The first-order chi connectivity index (χ1) is 12.4. The van der Waals surface area contributed by atoms with Crippen molar-refractivity contribution in [3.05, 3.63) is 47.0 Å². The van der Waals surface area contributed by atoms with Gasteiger partial charge in [0.1, 0.15) is 5.60 Å². The van der Waals surface area contributed by atoms with Crippen LogP contribution in [0.1, 0.15) is 32.8 Å². The topological polar surface area (TPSA) is 58.6 Å². The highest BCUT2D eigenvalue weighted by Gasteiger charge is 2.27. The maximum Gasteiger partial charge on any atom is 0.407 e. The Bertz CT molecular complexity index is 621. The zero-order chi connectivity index (χ0) is 20.7. The Kier molecular flexibility index (Phi) is 9.05. The van der Waals surface area contributed by atoms with Crippen LogP contribution in [0, 0.1) is 0 Å². The molecule has 1 aromatic carbocycles. The summed E-state index contributed by atoms with van der Waals surface area (Å²) in [4.78, 5) is 12.3. The average molecular weight is 412 g/mol. The van der Waals surface area contributed by atoms with E-state index in [0.717, 1.165) is 17.2 Å². The van der Waals surface area contributed by atoms with E-state index >= 15 is 0 Å². The van der Waals surface area contributed by atoms with Crippen LogP contribution in [0.5, 0.6) is 0 Å². The highest BCUT2D eigenvalue weighted by Crippen LogP contribution is 2.23. The van der Waals surface area contributed by atoms with Crippen molar-refractivity contribution in [3.8, 4) is 0 Å². The zero-order valence-corrected chi connectivity index (χ0v) is 19.1. The summed E-state index contributed by atoms with van der Waals surface area (Å²) < 4.78 is 5.37. The monoisotopic (exact) mass is 411 g/mol. The van der Waals surface area contributed by atoms with Gasteiger partial charge in [-0.25, -0.2) is 4.79 Å². The van der Waals surface area contributed by atoms with Gasteiger partial charge in [-0.2, -0.15) is 0 Å². The molecule has 152 valence electrons. The van der Waals surface area contributed by atoms with Gasteiger partial charge in [0.15, 0.2) is 0 Å². The molecule has 2 atom stereocenters. The smallest absolute Gasteiger partial charge is 0.407 e. The Morgan fingerprint density at radius 1 is 1.26 bits per heavy atom. The lowest BCUT2D eigenvalue weighted by atomic mass is 9.97. The second-order valence-corrected chi connectivity index (χ2v) is 14.9. The minimum Gasteiger partial charge on any atom is -0.444 e. The summed E-state index contributed by atoms with van der Waals surface area (Å²) in [6.07, 6.45) is -0.326. The number of carbonyl (C=O) groups excluding carboxylic acids is 1. The van der Waals surface area contributed by atoms with Crippen molar-refractivity contribution in [2.75, 3.05) is 0 Å². The van der Waals surface area contributed by atoms with Crippen LogP contribution in [0.25, 0.3) is 0 Å². The van der Waals surface area contributed by atoms with E-state index in [9.17, 15) is 9.90 Å². The van der Waals surface area contributed by atoms with Gasteiger partial charge in [0.05, 0.1) is 12.1 Å². The zero-order valence-electron chi connectivity index (χ0n) is 17.4. The number of ether oxygens (including phenoxy) is 1. The molecule has 0 bridgehead atoms. The molecule has 2 N–H and O–H groups in total. The summed E-state index contributed by atoms with van der Waals surface area (Å²) >= 11 is 6.01. The van der Waals surface area contributed by atoms with Crippen molar-refractivity contribution < 1.29 is 14.6 Å². The molecule has 0 aliphatic carbocycles. The van der Waals surface area contributed by atoms with E-state index in [1.807, 2.05) is 51.1 Å². The van der Waals surface area contributed by atoms with Gasteiger partial charge in [-0.3, -0.25) is 0 Å². The van der Waals surface area contributed by atoms with E-state index in [1.54, 1.807) is 5.54 Å². The predicted molar refractivity (Wildman–Crippen MR) is 116 cm³/mol. The van der Waals surface area contributed by atoms with Gasteiger partial charge in [0.25, 0.3) is 0 Å². The SMILES string of the molecule is CC(C)(C)OC(=O)N[C@@H](Cc1ccccc1)[C@@H](O)C/C(=C\Cl)C[Si](C)(C)C. The first-order valence-corrected chi connectivity index (χ1v) is 13.5. The molecule has 0 unspecified atom stereocenters. The van der Waals surface area contributed by atoms with E-state index in [4.69, 9.17) is 16.3 Å². The van der Waals surface area contributed by atoms with Gasteiger partial charge in [-0.1, -0.05) is 67.1 Å². The lowest BCUT2D eigenvalue weighted by Gasteiger charge is -2.28. The molecule has 0 saturated heterocycles. The number of amides is 1. The van der Waals surface area contributed by atoms with Crippen molar-refractivity contribution in [1.29, 1.82) is 0 Å². The van der Waals surface area contributed by atoms with Gasteiger partial charge in [-0.05, 0) is 45.2 Å². The first-order valence-electron chi connectivity index (χ1n) is 9.39. The molecule has 0 saturated carbocycles. The Hall–Kier alpha value is -1.30. The lowest BCUT2D eigenvalue weighted by molar-refractivity contribution is 0.0422. The highest BCUT2D eigenvalue weighted by atomic mass is 35.5. The molecule has 1 aromatic rings. The Morgan fingerprint density at radius 2 is 1.85 bits per heavy atom. The van der Waals surface area contributed by atoms with Crippen LogP contribution in [0.2, 0.25) is 25.7 Å². The number of benzene rings is 1. The molecule has 0 spiro atoms. The Labute approximate surface area is 170 Å². The molecule has 0 heterocycles. The summed E-state index contributed by atoms with van der Waals surface area (Å²) in [6, 6.07) is 10.3. The van der Waals surface area contributed by atoms with Crippen LogP contribution in [0.15, 0.2) is 41.4 Å². The van der Waals surface area contributed by atoms with Gasteiger partial charge >= 0.3 is 6.09 Å². The van der Waals surface area contributed by atoms with Crippen LogP contribution in [-0.2, 0) is 11.2 Å². The fraction of sp³-hybridized carbons (Fsp3) is 0.571. The van der Waals surface area contributed by atoms with Gasteiger partial charge < -0.3 is 15.2 Å². The molecule has 0 aliphatic heterocycles. The number of alkyl carbamates (subject to hydrolysis) is 1. The number of carbonyl (C=O) groups is 1. The molecule has 0 radical (unpaired) electrons. The summed E-state index contributed by atoms with van der Waals surface area (Å²) in [7, 11) is -1.36. The number of halogens is 1. The minimum atomic E-state index is -1.36. The fourth-order valence-electron chi connectivity index (χ4n) is 2.86. The molecule has 1 amide bonds. The summed E-state index contributed by atoms with van der Waals surface area (Å²) in [5, 5.41) is 13.7. The second kappa shape index (κ2) is 10.3. The normalized spacial score (nSPS) is 15.2. The quantitative estimate of drug-likeness (QED) is 0.568. The highest BCUT2D eigenvalue weighted by molar-refractivity contribution is 6.76. The predicted octanol–water partition coefficient (Wildman–Crippen LogP) is 5.33. The van der Waals surface area contributed by atoms with Crippen LogP contribution >= 0.6 is 11.6 Å². The van der Waals surface area contributed by atoms with Crippen molar-refractivity contribution in [2.45, 2.75) is 77.0 Å². The van der Waals surface area contributed by atoms with Crippen molar-refractivity contribution in [2.24, 2.45) is 0 Å². The summed E-state index contributed by atoms with van der Waals surface area (Å²) in [6.45, 7) is 12.2. The fourth-order valence-corrected chi connectivity index (χ4v) is 4.76. The minimum absolute atomic E-state index is 0.432. The number of nitrogens with one attached hydrogen (secondary N) is 1. The standard InChI is InChI=1S/C21H34ClNO3Si/c1-21(2,3)26-20(25)23-18(12-16-10-8-7-9-11-16)19(24)13-17(14-22)15-27(4,5)6/h7-11,14,18-19,24H,12-13,15H2,1-6H3,(H,23,25)/b17-14+/t18-,19-/m0/s1.